The lowest BCUT2D eigenvalue weighted by Crippen LogP contribution is -2.27. The van der Waals surface area contributed by atoms with Crippen molar-refractivity contribution in [1.82, 2.24) is 14.3 Å². The number of aliphatic hydroxyl groups excluding tert-OH is 1. The highest BCUT2D eigenvalue weighted by Crippen LogP contribution is 2.45. The lowest BCUT2D eigenvalue weighted by molar-refractivity contribution is 0.264. The third-order valence-corrected chi connectivity index (χ3v) is 6.33. The molecule has 31 heavy (non-hydrogen) atoms. The van der Waals surface area contributed by atoms with Crippen LogP contribution in [0.4, 0.5) is 10.1 Å². The summed E-state index contributed by atoms with van der Waals surface area (Å²) in [6.07, 6.45) is 0.876. The first-order chi connectivity index (χ1) is 14.8. The minimum atomic E-state index is -0.522. The number of benzene rings is 2. The van der Waals surface area contributed by atoms with Gasteiger partial charge in [0, 0.05) is 12.2 Å². The van der Waals surface area contributed by atoms with E-state index in [2.05, 4.69) is 43.3 Å². The van der Waals surface area contributed by atoms with Gasteiger partial charge in [-0.15, -0.1) is 5.10 Å². The van der Waals surface area contributed by atoms with E-state index in [1.807, 2.05) is 12.1 Å². The molecule has 4 rings (SSSR count). The molecule has 1 aliphatic rings. The molecule has 1 aliphatic heterocycles. The van der Waals surface area contributed by atoms with E-state index >= 15 is 4.39 Å². The van der Waals surface area contributed by atoms with Gasteiger partial charge in [0.2, 0.25) is 0 Å². The molecule has 2 heterocycles. The van der Waals surface area contributed by atoms with Crippen molar-refractivity contribution in [3.63, 3.8) is 0 Å². The van der Waals surface area contributed by atoms with Crippen LogP contribution in [0.5, 0.6) is 0 Å². The molecule has 6 nitrogen and oxygen atoms in total. The Balaban J connectivity index is 1.83. The average Bonchev–Trinajstić information content (AvgIpc) is 3.07. The Morgan fingerprint density at radius 2 is 2.00 bits per heavy atom. The number of aromatic nitrogens is 3. The summed E-state index contributed by atoms with van der Waals surface area (Å²) in [4.78, 5) is 12.8. The van der Waals surface area contributed by atoms with E-state index in [9.17, 15) is 9.90 Å². The standard InChI is InChI=1S/C24H29FN4O2/c1-5-28-23(13-30)27-29(24(28)31)22-11-18-17(14(2)3)10-20(26-21(18)12-19(22)25)16-9-7-6-8-15(16)4/h6-9,11-12,14,17,20,26,30H,5,10,13H2,1-4H3/t17-,20+/m0/s1. The van der Waals surface area contributed by atoms with Crippen LogP contribution >= 0.6 is 0 Å². The van der Waals surface area contributed by atoms with Crippen molar-refractivity contribution in [2.75, 3.05) is 5.32 Å². The number of anilines is 1. The molecule has 0 aliphatic carbocycles. The van der Waals surface area contributed by atoms with Crippen LogP contribution in [-0.2, 0) is 13.2 Å². The minimum absolute atomic E-state index is 0.0920. The number of rotatable bonds is 5. The smallest absolute Gasteiger partial charge is 0.350 e. The highest BCUT2D eigenvalue weighted by atomic mass is 19.1. The molecule has 0 saturated heterocycles. The maximum Gasteiger partial charge on any atom is 0.350 e. The number of halogens is 1. The van der Waals surface area contributed by atoms with Gasteiger partial charge in [-0.05, 0) is 60.9 Å². The Kier molecular flexibility index (Phi) is 5.71. The number of hydrogen-bond acceptors (Lipinski definition) is 4. The van der Waals surface area contributed by atoms with E-state index in [-0.39, 0.29) is 30.1 Å². The summed E-state index contributed by atoms with van der Waals surface area (Å²) >= 11 is 0. The summed E-state index contributed by atoms with van der Waals surface area (Å²) < 4.78 is 17.6. The summed E-state index contributed by atoms with van der Waals surface area (Å²) in [5.41, 5.74) is 3.83. The molecular weight excluding hydrogens is 395 g/mol. The van der Waals surface area contributed by atoms with E-state index < -0.39 is 11.5 Å². The third-order valence-electron chi connectivity index (χ3n) is 6.33. The SMILES string of the molecule is CCn1c(CO)nn(-c2cc3c(cc2F)N[C@@H](c2ccccc2C)C[C@H]3C(C)C)c1=O. The van der Waals surface area contributed by atoms with Crippen LogP contribution in [0.25, 0.3) is 5.69 Å². The van der Waals surface area contributed by atoms with E-state index in [1.54, 1.807) is 13.0 Å². The van der Waals surface area contributed by atoms with Gasteiger partial charge in [-0.25, -0.2) is 9.18 Å². The van der Waals surface area contributed by atoms with Gasteiger partial charge in [-0.3, -0.25) is 4.57 Å². The molecule has 164 valence electrons. The molecule has 1 aromatic heterocycles. The number of aliphatic hydroxyl groups is 1. The fourth-order valence-electron chi connectivity index (χ4n) is 4.64. The van der Waals surface area contributed by atoms with Gasteiger partial charge in [0.05, 0.1) is 6.04 Å². The zero-order valence-corrected chi connectivity index (χ0v) is 18.4. The summed E-state index contributed by atoms with van der Waals surface area (Å²) in [5, 5.41) is 17.2. The molecule has 2 aromatic carbocycles. The molecule has 0 amide bonds. The highest BCUT2D eigenvalue weighted by molar-refractivity contribution is 5.61. The molecule has 2 N–H and O–H groups in total. The van der Waals surface area contributed by atoms with Gasteiger partial charge in [0.1, 0.15) is 12.3 Å². The van der Waals surface area contributed by atoms with Crippen molar-refractivity contribution in [3.05, 3.63) is 75.2 Å². The number of fused-ring (bicyclic) bond motifs is 1. The zero-order valence-electron chi connectivity index (χ0n) is 18.4. The molecule has 0 unspecified atom stereocenters. The van der Waals surface area contributed by atoms with Crippen molar-refractivity contribution in [1.29, 1.82) is 0 Å². The fourth-order valence-corrected chi connectivity index (χ4v) is 4.64. The highest BCUT2D eigenvalue weighted by Gasteiger charge is 2.32. The Morgan fingerprint density at radius 1 is 1.26 bits per heavy atom. The molecule has 2 atom stereocenters. The Hall–Kier alpha value is -2.93. The van der Waals surface area contributed by atoms with Crippen molar-refractivity contribution >= 4 is 5.69 Å². The summed E-state index contributed by atoms with van der Waals surface area (Å²) in [6.45, 7) is 8.20. The summed E-state index contributed by atoms with van der Waals surface area (Å²) in [7, 11) is 0. The van der Waals surface area contributed by atoms with Gasteiger partial charge >= 0.3 is 5.69 Å². The summed E-state index contributed by atoms with van der Waals surface area (Å²) in [5.74, 6) is 0.236. The molecule has 0 radical (unpaired) electrons. The Morgan fingerprint density at radius 3 is 2.61 bits per heavy atom. The Bertz CT molecular complexity index is 1160. The second-order valence-corrected chi connectivity index (χ2v) is 8.54. The van der Waals surface area contributed by atoms with Gasteiger partial charge in [-0.1, -0.05) is 38.1 Å². The van der Waals surface area contributed by atoms with Crippen LogP contribution in [0.3, 0.4) is 0 Å². The number of aryl methyl sites for hydroxylation is 1. The van der Waals surface area contributed by atoms with Crippen LogP contribution in [0.15, 0.2) is 41.2 Å². The largest absolute Gasteiger partial charge is 0.388 e. The van der Waals surface area contributed by atoms with Gasteiger partial charge < -0.3 is 10.4 Å². The molecule has 3 aromatic rings. The van der Waals surface area contributed by atoms with Crippen molar-refractivity contribution in [2.45, 2.75) is 59.2 Å². The predicted octanol–water partition coefficient (Wildman–Crippen LogP) is 4.29. The van der Waals surface area contributed by atoms with Crippen molar-refractivity contribution in [3.8, 4) is 5.69 Å². The second-order valence-electron chi connectivity index (χ2n) is 8.54. The summed E-state index contributed by atoms with van der Waals surface area (Å²) in [6, 6.07) is 11.6. The van der Waals surface area contributed by atoms with Crippen LogP contribution < -0.4 is 11.0 Å². The maximum atomic E-state index is 15.2. The lowest BCUT2D eigenvalue weighted by atomic mass is 9.77. The molecule has 0 fully saturated rings. The first kappa shape index (κ1) is 21.3. The maximum absolute atomic E-state index is 15.2. The normalized spacial score (nSPS) is 18.2. The molecule has 0 saturated carbocycles. The van der Waals surface area contributed by atoms with E-state index in [4.69, 9.17) is 0 Å². The molecule has 7 heteroatoms. The van der Waals surface area contributed by atoms with Crippen molar-refractivity contribution in [2.24, 2.45) is 5.92 Å². The first-order valence-electron chi connectivity index (χ1n) is 10.8. The number of nitrogens with zero attached hydrogens (tertiary/aromatic N) is 3. The lowest BCUT2D eigenvalue weighted by Gasteiger charge is -2.36. The van der Waals surface area contributed by atoms with Crippen LogP contribution in [0.1, 0.15) is 61.7 Å². The topological polar surface area (TPSA) is 72.1 Å². The Labute approximate surface area is 181 Å². The van der Waals surface area contributed by atoms with Crippen LogP contribution in [0, 0.1) is 18.7 Å². The van der Waals surface area contributed by atoms with Gasteiger partial charge in [-0.2, -0.15) is 4.68 Å². The predicted molar refractivity (Wildman–Crippen MR) is 119 cm³/mol. The third kappa shape index (κ3) is 3.67. The second kappa shape index (κ2) is 8.30. The van der Waals surface area contributed by atoms with E-state index in [1.165, 1.54) is 21.8 Å². The molecule has 0 bridgehead atoms. The van der Waals surface area contributed by atoms with E-state index in [0.717, 1.165) is 22.4 Å². The van der Waals surface area contributed by atoms with Gasteiger partial charge in [0.15, 0.2) is 11.6 Å². The van der Waals surface area contributed by atoms with E-state index in [0.29, 0.717) is 12.5 Å². The quantitative estimate of drug-likeness (QED) is 0.641. The number of nitrogens with one attached hydrogen (secondary N) is 1. The molecule has 0 spiro atoms. The molecular formula is C24H29FN4O2. The monoisotopic (exact) mass is 424 g/mol. The van der Waals surface area contributed by atoms with Crippen molar-refractivity contribution < 1.29 is 9.50 Å². The zero-order chi connectivity index (χ0) is 22.3. The van der Waals surface area contributed by atoms with Crippen LogP contribution in [0.2, 0.25) is 0 Å². The minimum Gasteiger partial charge on any atom is -0.388 e. The number of hydrogen-bond donors (Lipinski definition) is 2. The van der Waals surface area contributed by atoms with Gasteiger partial charge in [0.25, 0.3) is 0 Å². The first-order valence-corrected chi connectivity index (χ1v) is 10.8. The van der Waals surface area contributed by atoms with Crippen LogP contribution in [-0.4, -0.2) is 19.5 Å². The fraction of sp³-hybridized carbons (Fsp3) is 0.417. The average molecular weight is 425 g/mol.